The first kappa shape index (κ1) is 15.8. The third-order valence-electron chi connectivity index (χ3n) is 3.72. The Hall–Kier alpha value is -1.58. The minimum Gasteiger partial charge on any atom is -0.506 e. The molecule has 1 N–H and O–H groups in total. The van der Waals surface area contributed by atoms with Crippen LogP contribution < -0.4 is 0 Å². The molecular formula is C17H21ClN2O. The molecule has 3 nitrogen and oxygen atoms in total. The number of aromatic hydroxyl groups is 1. The monoisotopic (exact) mass is 304 g/mol. The van der Waals surface area contributed by atoms with Crippen molar-refractivity contribution in [2.45, 2.75) is 39.4 Å². The molecule has 1 aromatic carbocycles. The minimum absolute atomic E-state index is 0.128. The molecule has 2 aromatic rings. The van der Waals surface area contributed by atoms with Crippen molar-refractivity contribution in [2.24, 2.45) is 0 Å². The SMILES string of the molecule is CCC(C)N(Cc1cccnc1)Cc1ccc(O)c(Cl)c1. The Kier molecular flexibility index (Phi) is 5.59. The highest BCUT2D eigenvalue weighted by molar-refractivity contribution is 6.32. The maximum Gasteiger partial charge on any atom is 0.134 e. The van der Waals surface area contributed by atoms with Gasteiger partial charge in [0.2, 0.25) is 0 Å². The van der Waals surface area contributed by atoms with Crippen LogP contribution in [0.15, 0.2) is 42.7 Å². The van der Waals surface area contributed by atoms with Crippen molar-refractivity contribution >= 4 is 11.6 Å². The molecule has 0 saturated carbocycles. The highest BCUT2D eigenvalue weighted by Crippen LogP contribution is 2.25. The van der Waals surface area contributed by atoms with Crippen LogP contribution in [0.3, 0.4) is 0 Å². The van der Waals surface area contributed by atoms with Crippen LogP contribution in [0, 0.1) is 0 Å². The van der Waals surface area contributed by atoms with E-state index in [1.54, 1.807) is 12.3 Å². The van der Waals surface area contributed by atoms with Gasteiger partial charge in [0.1, 0.15) is 5.75 Å². The number of hydrogen-bond acceptors (Lipinski definition) is 3. The maximum absolute atomic E-state index is 9.51. The summed E-state index contributed by atoms with van der Waals surface area (Å²) in [5.41, 5.74) is 2.30. The predicted octanol–water partition coefficient (Wildman–Crippen LogP) is 4.24. The Morgan fingerprint density at radius 3 is 2.62 bits per heavy atom. The van der Waals surface area contributed by atoms with Crippen molar-refractivity contribution in [1.29, 1.82) is 0 Å². The lowest BCUT2D eigenvalue weighted by Crippen LogP contribution is -2.31. The number of rotatable bonds is 6. The van der Waals surface area contributed by atoms with Gasteiger partial charge >= 0.3 is 0 Å². The summed E-state index contributed by atoms with van der Waals surface area (Å²) in [7, 11) is 0. The van der Waals surface area contributed by atoms with Crippen LogP contribution in [0.4, 0.5) is 0 Å². The van der Waals surface area contributed by atoms with Crippen LogP contribution in [0.1, 0.15) is 31.4 Å². The lowest BCUT2D eigenvalue weighted by Gasteiger charge is -2.28. The van der Waals surface area contributed by atoms with Gasteiger partial charge in [0.25, 0.3) is 0 Å². The van der Waals surface area contributed by atoms with E-state index < -0.39 is 0 Å². The molecule has 0 bridgehead atoms. The normalized spacial score (nSPS) is 12.6. The third kappa shape index (κ3) is 4.45. The second-order valence-electron chi connectivity index (χ2n) is 5.31. The summed E-state index contributed by atoms with van der Waals surface area (Å²) in [4.78, 5) is 6.56. The molecule has 0 saturated heterocycles. The quantitative estimate of drug-likeness (QED) is 0.867. The zero-order valence-corrected chi connectivity index (χ0v) is 13.2. The van der Waals surface area contributed by atoms with Gasteiger partial charge in [-0.2, -0.15) is 0 Å². The Labute approximate surface area is 131 Å². The van der Waals surface area contributed by atoms with Crippen LogP contribution in [0.2, 0.25) is 5.02 Å². The standard InChI is InChI=1S/C17H21ClN2O/c1-3-13(2)20(12-15-5-4-8-19-10-15)11-14-6-7-17(21)16(18)9-14/h4-10,13,21H,3,11-12H2,1-2H3. The average molecular weight is 305 g/mol. The second-order valence-corrected chi connectivity index (χ2v) is 5.72. The summed E-state index contributed by atoms with van der Waals surface area (Å²) in [6.07, 6.45) is 4.77. The molecule has 0 amide bonds. The summed E-state index contributed by atoms with van der Waals surface area (Å²) in [6.45, 7) is 6.05. The number of phenols is 1. The smallest absolute Gasteiger partial charge is 0.134 e. The van der Waals surface area contributed by atoms with Crippen LogP contribution in [0.25, 0.3) is 0 Å². The lowest BCUT2D eigenvalue weighted by molar-refractivity contribution is 0.186. The van der Waals surface area contributed by atoms with Crippen molar-refractivity contribution in [1.82, 2.24) is 9.88 Å². The Bertz CT molecular complexity index is 574. The number of nitrogens with zero attached hydrogens (tertiary/aromatic N) is 2. The van der Waals surface area contributed by atoms with Crippen molar-refractivity contribution in [2.75, 3.05) is 0 Å². The van der Waals surface area contributed by atoms with Gasteiger partial charge in [-0.1, -0.05) is 30.7 Å². The fraction of sp³-hybridized carbons (Fsp3) is 0.353. The molecule has 1 heterocycles. The molecule has 0 aliphatic heterocycles. The summed E-state index contributed by atoms with van der Waals surface area (Å²) < 4.78 is 0. The van der Waals surface area contributed by atoms with Crippen LogP contribution in [0.5, 0.6) is 5.75 Å². The lowest BCUT2D eigenvalue weighted by atomic mass is 10.1. The first-order valence-electron chi connectivity index (χ1n) is 7.20. The second kappa shape index (κ2) is 7.43. The van der Waals surface area contributed by atoms with Gasteiger partial charge in [-0.15, -0.1) is 0 Å². The number of hydrogen-bond donors (Lipinski definition) is 1. The number of aromatic nitrogens is 1. The zero-order chi connectivity index (χ0) is 15.2. The van der Waals surface area contributed by atoms with Gasteiger partial charge in [-0.05, 0) is 42.7 Å². The molecule has 1 unspecified atom stereocenters. The van der Waals surface area contributed by atoms with Gasteiger partial charge in [-0.25, -0.2) is 0 Å². The largest absolute Gasteiger partial charge is 0.506 e. The van der Waals surface area contributed by atoms with Crippen LogP contribution >= 0.6 is 11.6 Å². The van der Waals surface area contributed by atoms with Gasteiger partial charge in [0, 0.05) is 31.5 Å². The average Bonchev–Trinajstić information content (AvgIpc) is 2.50. The van der Waals surface area contributed by atoms with Gasteiger partial charge in [-0.3, -0.25) is 9.88 Å². The van der Waals surface area contributed by atoms with E-state index in [2.05, 4.69) is 29.8 Å². The fourth-order valence-electron chi connectivity index (χ4n) is 2.24. The summed E-state index contributed by atoms with van der Waals surface area (Å²) in [5, 5.41) is 9.92. The van der Waals surface area contributed by atoms with Gasteiger partial charge < -0.3 is 5.11 Å². The molecule has 0 aliphatic carbocycles. The minimum atomic E-state index is 0.128. The van der Waals surface area contributed by atoms with Crippen molar-refractivity contribution in [3.05, 3.63) is 58.9 Å². The highest BCUT2D eigenvalue weighted by Gasteiger charge is 2.14. The van der Waals surface area contributed by atoms with E-state index in [0.717, 1.165) is 25.1 Å². The zero-order valence-electron chi connectivity index (χ0n) is 12.5. The van der Waals surface area contributed by atoms with Crippen molar-refractivity contribution in [3.63, 3.8) is 0 Å². The van der Waals surface area contributed by atoms with Crippen molar-refractivity contribution in [3.8, 4) is 5.75 Å². The van der Waals surface area contributed by atoms with E-state index in [-0.39, 0.29) is 5.75 Å². The maximum atomic E-state index is 9.51. The Morgan fingerprint density at radius 2 is 2.00 bits per heavy atom. The molecule has 21 heavy (non-hydrogen) atoms. The van der Waals surface area contributed by atoms with Crippen molar-refractivity contribution < 1.29 is 5.11 Å². The summed E-state index contributed by atoms with van der Waals surface area (Å²) in [6, 6.07) is 9.90. The topological polar surface area (TPSA) is 36.4 Å². The number of benzene rings is 1. The van der Waals surface area contributed by atoms with E-state index >= 15 is 0 Å². The molecule has 112 valence electrons. The molecule has 0 aliphatic rings. The molecule has 0 radical (unpaired) electrons. The Balaban J connectivity index is 2.14. The molecule has 0 fully saturated rings. The molecule has 4 heteroatoms. The predicted molar refractivity (Wildman–Crippen MR) is 86.4 cm³/mol. The van der Waals surface area contributed by atoms with Crippen LogP contribution in [-0.4, -0.2) is 21.0 Å². The molecular weight excluding hydrogens is 284 g/mol. The van der Waals surface area contributed by atoms with Crippen LogP contribution in [-0.2, 0) is 13.1 Å². The van der Waals surface area contributed by atoms with E-state index in [4.69, 9.17) is 11.6 Å². The first-order valence-corrected chi connectivity index (χ1v) is 7.58. The highest BCUT2D eigenvalue weighted by atomic mass is 35.5. The summed E-state index contributed by atoms with van der Waals surface area (Å²) in [5.74, 6) is 0.128. The number of pyridine rings is 1. The molecule has 1 atom stereocenters. The first-order chi connectivity index (χ1) is 10.1. The van der Waals surface area contributed by atoms with E-state index in [0.29, 0.717) is 11.1 Å². The number of phenolic OH excluding ortho intramolecular Hbond substituents is 1. The third-order valence-corrected chi connectivity index (χ3v) is 4.02. The van der Waals surface area contributed by atoms with Gasteiger partial charge in [0.15, 0.2) is 0 Å². The number of halogens is 1. The molecule has 2 rings (SSSR count). The van der Waals surface area contributed by atoms with Gasteiger partial charge in [0.05, 0.1) is 5.02 Å². The van der Waals surface area contributed by atoms with E-state index in [1.165, 1.54) is 5.56 Å². The molecule has 0 spiro atoms. The van der Waals surface area contributed by atoms with E-state index in [9.17, 15) is 5.11 Å². The summed E-state index contributed by atoms with van der Waals surface area (Å²) >= 11 is 5.99. The fourth-order valence-corrected chi connectivity index (χ4v) is 2.44. The Morgan fingerprint density at radius 1 is 1.24 bits per heavy atom. The molecule has 1 aromatic heterocycles. The van der Waals surface area contributed by atoms with E-state index in [1.807, 2.05) is 24.4 Å².